The molecule has 4 heteroatoms. The standard InChI is InChI=1S/C18H20FNO2/c1-13(2)14-7-5-8-16(10-14)22-12-18(21)20-11-15-6-3-4-9-17(15)19/h3-10,13H,11-12H2,1-2H3,(H,20,21). The first-order valence-electron chi connectivity index (χ1n) is 7.29. The van der Waals surface area contributed by atoms with Crippen molar-refractivity contribution in [3.8, 4) is 5.75 Å². The van der Waals surface area contributed by atoms with Crippen LogP contribution in [0, 0.1) is 5.82 Å². The van der Waals surface area contributed by atoms with Gasteiger partial charge < -0.3 is 10.1 Å². The molecule has 0 unspecified atom stereocenters. The van der Waals surface area contributed by atoms with E-state index in [1.165, 1.54) is 6.07 Å². The number of hydrogen-bond donors (Lipinski definition) is 1. The molecule has 0 radical (unpaired) electrons. The molecule has 0 atom stereocenters. The average Bonchev–Trinajstić information content (AvgIpc) is 2.52. The molecular weight excluding hydrogens is 281 g/mol. The molecule has 0 saturated carbocycles. The van der Waals surface area contributed by atoms with Crippen molar-refractivity contribution in [3.63, 3.8) is 0 Å². The second-order valence-corrected chi connectivity index (χ2v) is 5.38. The summed E-state index contributed by atoms with van der Waals surface area (Å²) in [7, 11) is 0. The molecule has 2 rings (SSSR count). The van der Waals surface area contributed by atoms with Crippen LogP contribution >= 0.6 is 0 Å². The van der Waals surface area contributed by atoms with Gasteiger partial charge in [-0.3, -0.25) is 4.79 Å². The number of ether oxygens (including phenoxy) is 1. The van der Waals surface area contributed by atoms with Gasteiger partial charge in [-0.15, -0.1) is 0 Å². The van der Waals surface area contributed by atoms with Crippen LogP contribution in [0.2, 0.25) is 0 Å². The second-order valence-electron chi connectivity index (χ2n) is 5.38. The monoisotopic (exact) mass is 301 g/mol. The molecule has 0 saturated heterocycles. The lowest BCUT2D eigenvalue weighted by Gasteiger charge is -2.10. The number of hydrogen-bond acceptors (Lipinski definition) is 2. The molecule has 1 amide bonds. The highest BCUT2D eigenvalue weighted by molar-refractivity contribution is 5.77. The quantitative estimate of drug-likeness (QED) is 0.884. The van der Waals surface area contributed by atoms with Gasteiger partial charge in [0, 0.05) is 12.1 Å². The van der Waals surface area contributed by atoms with Gasteiger partial charge in [-0.05, 0) is 29.7 Å². The zero-order chi connectivity index (χ0) is 15.9. The molecule has 2 aromatic carbocycles. The smallest absolute Gasteiger partial charge is 0.258 e. The third-order valence-electron chi connectivity index (χ3n) is 3.33. The summed E-state index contributed by atoms with van der Waals surface area (Å²) in [5, 5.41) is 2.64. The third kappa shape index (κ3) is 4.58. The van der Waals surface area contributed by atoms with E-state index in [1.807, 2.05) is 24.3 Å². The molecule has 0 bridgehead atoms. The van der Waals surface area contributed by atoms with Gasteiger partial charge in [0.1, 0.15) is 11.6 Å². The van der Waals surface area contributed by atoms with E-state index in [0.717, 1.165) is 5.56 Å². The van der Waals surface area contributed by atoms with Gasteiger partial charge >= 0.3 is 0 Å². The predicted molar refractivity (Wildman–Crippen MR) is 84.3 cm³/mol. The molecule has 0 aromatic heterocycles. The van der Waals surface area contributed by atoms with Gasteiger partial charge in [0.15, 0.2) is 6.61 Å². The fourth-order valence-corrected chi connectivity index (χ4v) is 2.00. The van der Waals surface area contributed by atoms with Crippen LogP contribution in [0.4, 0.5) is 4.39 Å². The third-order valence-corrected chi connectivity index (χ3v) is 3.33. The van der Waals surface area contributed by atoms with Crippen LogP contribution < -0.4 is 10.1 Å². The van der Waals surface area contributed by atoms with Crippen molar-refractivity contribution in [2.45, 2.75) is 26.3 Å². The Morgan fingerprint density at radius 3 is 2.68 bits per heavy atom. The molecule has 0 spiro atoms. The fourth-order valence-electron chi connectivity index (χ4n) is 2.00. The summed E-state index contributed by atoms with van der Waals surface area (Å²) < 4.78 is 18.9. The summed E-state index contributed by atoms with van der Waals surface area (Å²) in [4.78, 5) is 11.8. The molecule has 0 aliphatic heterocycles. The Morgan fingerprint density at radius 2 is 1.95 bits per heavy atom. The van der Waals surface area contributed by atoms with Gasteiger partial charge in [-0.25, -0.2) is 4.39 Å². The van der Waals surface area contributed by atoms with Crippen molar-refractivity contribution < 1.29 is 13.9 Å². The largest absolute Gasteiger partial charge is 0.484 e. The number of carbonyl (C=O) groups excluding carboxylic acids is 1. The number of amides is 1. The molecule has 0 aliphatic rings. The molecule has 0 fully saturated rings. The zero-order valence-corrected chi connectivity index (χ0v) is 12.8. The minimum absolute atomic E-state index is 0.0873. The van der Waals surface area contributed by atoms with Crippen molar-refractivity contribution in [3.05, 3.63) is 65.5 Å². The van der Waals surface area contributed by atoms with Gasteiger partial charge in [0.25, 0.3) is 5.91 Å². The van der Waals surface area contributed by atoms with Crippen LogP contribution in [-0.4, -0.2) is 12.5 Å². The van der Waals surface area contributed by atoms with Crippen molar-refractivity contribution in [2.24, 2.45) is 0 Å². The van der Waals surface area contributed by atoms with Crippen LogP contribution in [0.3, 0.4) is 0 Å². The van der Waals surface area contributed by atoms with E-state index in [0.29, 0.717) is 17.2 Å². The van der Waals surface area contributed by atoms with E-state index in [1.54, 1.807) is 18.2 Å². The fraction of sp³-hybridized carbons (Fsp3) is 0.278. The van der Waals surface area contributed by atoms with Crippen molar-refractivity contribution in [2.75, 3.05) is 6.61 Å². The van der Waals surface area contributed by atoms with Gasteiger partial charge in [-0.2, -0.15) is 0 Å². The molecule has 116 valence electrons. The highest BCUT2D eigenvalue weighted by atomic mass is 19.1. The first-order valence-corrected chi connectivity index (χ1v) is 7.29. The predicted octanol–water partition coefficient (Wildman–Crippen LogP) is 3.64. The normalized spacial score (nSPS) is 10.5. The van der Waals surface area contributed by atoms with Gasteiger partial charge in [0.2, 0.25) is 0 Å². The summed E-state index contributed by atoms with van der Waals surface area (Å²) in [6.07, 6.45) is 0. The molecule has 22 heavy (non-hydrogen) atoms. The van der Waals surface area contributed by atoms with E-state index >= 15 is 0 Å². The average molecular weight is 301 g/mol. The van der Waals surface area contributed by atoms with E-state index in [9.17, 15) is 9.18 Å². The van der Waals surface area contributed by atoms with E-state index < -0.39 is 0 Å². The molecule has 1 N–H and O–H groups in total. The summed E-state index contributed by atoms with van der Waals surface area (Å²) in [6.45, 7) is 4.26. The molecule has 2 aromatic rings. The highest BCUT2D eigenvalue weighted by Crippen LogP contribution is 2.19. The lowest BCUT2D eigenvalue weighted by Crippen LogP contribution is -2.28. The Morgan fingerprint density at radius 1 is 1.18 bits per heavy atom. The van der Waals surface area contributed by atoms with Crippen LogP contribution in [-0.2, 0) is 11.3 Å². The molecule has 0 heterocycles. The Bertz CT molecular complexity index is 640. The first kappa shape index (κ1) is 16.0. The van der Waals surface area contributed by atoms with Crippen molar-refractivity contribution in [1.82, 2.24) is 5.32 Å². The second kappa shape index (κ2) is 7.59. The molecule has 0 aliphatic carbocycles. The summed E-state index contributed by atoms with van der Waals surface area (Å²) in [5.74, 6) is 0.456. The summed E-state index contributed by atoms with van der Waals surface area (Å²) in [6, 6.07) is 14.0. The highest BCUT2D eigenvalue weighted by Gasteiger charge is 2.06. The number of nitrogens with one attached hydrogen (secondary N) is 1. The topological polar surface area (TPSA) is 38.3 Å². The van der Waals surface area contributed by atoms with Gasteiger partial charge in [0.05, 0.1) is 0 Å². The lowest BCUT2D eigenvalue weighted by molar-refractivity contribution is -0.123. The number of benzene rings is 2. The van der Waals surface area contributed by atoms with Crippen LogP contribution in [0.5, 0.6) is 5.75 Å². The SMILES string of the molecule is CC(C)c1cccc(OCC(=O)NCc2ccccc2F)c1. The number of halogens is 1. The van der Waals surface area contributed by atoms with E-state index in [2.05, 4.69) is 19.2 Å². The molecular formula is C18H20FNO2. The Labute approximate surface area is 130 Å². The Kier molecular flexibility index (Phi) is 5.53. The maximum atomic E-state index is 13.4. The number of rotatable bonds is 6. The minimum Gasteiger partial charge on any atom is -0.484 e. The van der Waals surface area contributed by atoms with E-state index in [4.69, 9.17) is 4.74 Å². The first-order chi connectivity index (χ1) is 10.6. The maximum Gasteiger partial charge on any atom is 0.258 e. The molecule has 3 nitrogen and oxygen atoms in total. The van der Waals surface area contributed by atoms with Crippen molar-refractivity contribution >= 4 is 5.91 Å². The maximum absolute atomic E-state index is 13.4. The van der Waals surface area contributed by atoms with Crippen LogP contribution in [0.1, 0.15) is 30.9 Å². The summed E-state index contributed by atoms with van der Waals surface area (Å²) >= 11 is 0. The number of carbonyl (C=O) groups is 1. The Hall–Kier alpha value is -2.36. The van der Waals surface area contributed by atoms with Crippen LogP contribution in [0.25, 0.3) is 0 Å². The Balaban J connectivity index is 1.83. The zero-order valence-electron chi connectivity index (χ0n) is 12.8. The van der Waals surface area contributed by atoms with Gasteiger partial charge in [-0.1, -0.05) is 44.2 Å². The minimum atomic E-state index is -0.326. The summed E-state index contributed by atoms with van der Waals surface area (Å²) in [5.41, 5.74) is 1.61. The lowest BCUT2D eigenvalue weighted by atomic mass is 10.0. The van der Waals surface area contributed by atoms with E-state index in [-0.39, 0.29) is 24.9 Å². The van der Waals surface area contributed by atoms with Crippen LogP contribution in [0.15, 0.2) is 48.5 Å². The van der Waals surface area contributed by atoms with Crippen molar-refractivity contribution in [1.29, 1.82) is 0 Å².